The van der Waals surface area contributed by atoms with Crippen LogP contribution in [0.5, 0.6) is 0 Å². The number of aromatic nitrogens is 2. The fourth-order valence-electron chi connectivity index (χ4n) is 3.46. The number of rotatable bonds is 2. The maximum Gasteiger partial charge on any atom is 0.419 e. The summed E-state index contributed by atoms with van der Waals surface area (Å²) in [6, 6.07) is 6.13. The number of hydrogen-bond donors (Lipinski definition) is 1. The first-order valence-corrected chi connectivity index (χ1v) is 8.44. The Bertz CT molecular complexity index is 746. The van der Waals surface area contributed by atoms with Crippen LogP contribution in [0.25, 0.3) is 0 Å². The van der Waals surface area contributed by atoms with Crippen LogP contribution in [0.15, 0.2) is 30.6 Å². The highest BCUT2D eigenvalue weighted by Crippen LogP contribution is 2.44. The van der Waals surface area contributed by atoms with Crippen LogP contribution in [0.2, 0.25) is 0 Å². The summed E-state index contributed by atoms with van der Waals surface area (Å²) in [5.41, 5.74) is 2.83. The van der Waals surface area contributed by atoms with Crippen molar-refractivity contribution in [2.24, 2.45) is 5.41 Å². The van der Waals surface area contributed by atoms with Gasteiger partial charge in [-0.2, -0.15) is 13.2 Å². The topological polar surface area (TPSA) is 37.8 Å². The van der Waals surface area contributed by atoms with Crippen LogP contribution >= 0.6 is 0 Å². The van der Waals surface area contributed by atoms with Gasteiger partial charge in [-0.1, -0.05) is 26.8 Å². The van der Waals surface area contributed by atoms with Gasteiger partial charge in [-0.15, -0.1) is 0 Å². The molecule has 0 aliphatic heterocycles. The maximum absolute atomic E-state index is 12.6. The first kappa shape index (κ1) is 17.7. The van der Waals surface area contributed by atoms with Crippen molar-refractivity contribution < 1.29 is 13.2 Å². The van der Waals surface area contributed by atoms with Crippen molar-refractivity contribution >= 4 is 11.6 Å². The van der Waals surface area contributed by atoms with Crippen LogP contribution in [-0.4, -0.2) is 9.97 Å². The van der Waals surface area contributed by atoms with E-state index in [1.54, 1.807) is 0 Å². The van der Waals surface area contributed by atoms with Crippen molar-refractivity contribution in [2.75, 3.05) is 5.32 Å². The first-order valence-electron chi connectivity index (χ1n) is 8.44. The van der Waals surface area contributed by atoms with Gasteiger partial charge in [-0.25, -0.2) is 9.97 Å². The molecule has 0 fully saturated rings. The molecule has 0 amide bonds. The summed E-state index contributed by atoms with van der Waals surface area (Å²) in [5, 5.41) is 3.00. The zero-order valence-corrected chi connectivity index (χ0v) is 14.6. The third-order valence-electron chi connectivity index (χ3n) is 4.74. The smallest absolute Gasteiger partial charge is 0.324 e. The summed E-state index contributed by atoms with van der Waals surface area (Å²) in [6.45, 7) is 6.78. The van der Waals surface area contributed by atoms with E-state index in [0.29, 0.717) is 5.92 Å². The van der Waals surface area contributed by atoms with Crippen LogP contribution < -0.4 is 5.32 Å². The predicted molar refractivity (Wildman–Crippen MR) is 91.9 cm³/mol. The van der Waals surface area contributed by atoms with Crippen LogP contribution in [0, 0.1) is 5.41 Å². The fourth-order valence-corrected chi connectivity index (χ4v) is 3.46. The molecule has 0 saturated heterocycles. The van der Waals surface area contributed by atoms with E-state index in [4.69, 9.17) is 0 Å². The maximum atomic E-state index is 12.6. The molecule has 1 heterocycles. The lowest BCUT2D eigenvalue weighted by atomic mass is 9.69. The molecule has 25 heavy (non-hydrogen) atoms. The zero-order valence-electron chi connectivity index (χ0n) is 14.6. The SMILES string of the molecule is CC(C)(C)[C@@H]1CCCc2cc(Nc3ncc(C(F)(F)F)cn3)ccc21. The van der Waals surface area contributed by atoms with Gasteiger partial charge in [0.05, 0.1) is 5.56 Å². The van der Waals surface area contributed by atoms with E-state index in [9.17, 15) is 13.2 Å². The molecule has 1 aliphatic rings. The molecule has 3 rings (SSSR count). The van der Waals surface area contributed by atoms with Gasteiger partial charge in [0.1, 0.15) is 0 Å². The summed E-state index contributed by atoms with van der Waals surface area (Å²) in [4.78, 5) is 7.53. The predicted octanol–water partition coefficient (Wildman–Crippen LogP) is 5.71. The average molecular weight is 349 g/mol. The number of anilines is 2. The molecule has 0 saturated carbocycles. The molecule has 1 aliphatic carbocycles. The molecule has 1 N–H and O–H groups in total. The minimum absolute atomic E-state index is 0.163. The number of alkyl halides is 3. The lowest BCUT2D eigenvalue weighted by molar-refractivity contribution is -0.138. The monoisotopic (exact) mass is 349 g/mol. The molecule has 1 atom stereocenters. The quantitative estimate of drug-likeness (QED) is 0.755. The fraction of sp³-hybridized carbons (Fsp3) is 0.474. The third-order valence-corrected chi connectivity index (χ3v) is 4.74. The molecule has 0 unspecified atom stereocenters. The molecule has 1 aromatic carbocycles. The molecular formula is C19H22F3N3. The number of nitrogens with one attached hydrogen (secondary N) is 1. The highest BCUT2D eigenvalue weighted by molar-refractivity contribution is 5.57. The second kappa shape index (κ2) is 6.32. The van der Waals surface area contributed by atoms with Gasteiger partial charge in [0.15, 0.2) is 0 Å². The van der Waals surface area contributed by atoms with E-state index in [0.717, 1.165) is 30.9 Å². The van der Waals surface area contributed by atoms with Crippen molar-refractivity contribution in [3.63, 3.8) is 0 Å². The van der Waals surface area contributed by atoms with Gasteiger partial charge in [0.25, 0.3) is 0 Å². The lowest BCUT2D eigenvalue weighted by Crippen LogP contribution is -2.23. The second-order valence-corrected chi connectivity index (χ2v) is 7.64. The lowest BCUT2D eigenvalue weighted by Gasteiger charge is -2.36. The molecular weight excluding hydrogens is 327 g/mol. The van der Waals surface area contributed by atoms with Gasteiger partial charge in [-0.3, -0.25) is 0 Å². The summed E-state index contributed by atoms with van der Waals surface area (Å²) < 4.78 is 37.7. The van der Waals surface area contributed by atoms with Gasteiger partial charge in [-0.05, 0) is 53.9 Å². The molecule has 0 spiro atoms. The number of benzene rings is 1. The Morgan fingerprint density at radius 2 is 1.76 bits per heavy atom. The van der Waals surface area contributed by atoms with Gasteiger partial charge >= 0.3 is 6.18 Å². The highest BCUT2D eigenvalue weighted by Gasteiger charge is 2.32. The second-order valence-electron chi connectivity index (χ2n) is 7.64. The Kier molecular flexibility index (Phi) is 4.47. The van der Waals surface area contributed by atoms with Crippen LogP contribution in [0.4, 0.5) is 24.8 Å². The number of fused-ring (bicyclic) bond motifs is 1. The average Bonchev–Trinajstić information content (AvgIpc) is 2.53. The molecule has 134 valence electrons. The normalized spacial score (nSPS) is 17.9. The van der Waals surface area contributed by atoms with E-state index in [1.165, 1.54) is 17.5 Å². The van der Waals surface area contributed by atoms with E-state index < -0.39 is 11.7 Å². The van der Waals surface area contributed by atoms with Crippen molar-refractivity contribution in [3.05, 3.63) is 47.3 Å². The van der Waals surface area contributed by atoms with Crippen LogP contribution in [-0.2, 0) is 12.6 Å². The highest BCUT2D eigenvalue weighted by atomic mass is 19.4. The van der Waals surface area contributed by atoms with Crippen molar-refractivity contribution in [1.82, 2.24) is 9.97 Å². The Morgan fingerprint density at radius 3 is 2.36 bits per heavy atom. The molecule has 2 aromatic rings. The molecule has 6 heteroatoms. The largest absolute Gasteiger partial charge is 0.419 e. The number of halogens is 3. The Balaban J connectivity index is 1.81. The van der Waals surface area contributed by atoms with Gasteiger partial charge < -0.3 is 5.32 Å². The Morgan fingerprint density at radius 1 is 1.08 bits per heavy atom. The third kappa shape index (κ3) is 3.94. The van der Waals surface area contributed by atoms with Crippen LogP contribution in [0.1, 0.15) is 56.2 Å². The van der Waals surface area contributed by atoms with Crippen molar-refractivity contribution in [1.29, 1.82) is 0 Å². The summed E-state index contributed by atoms with van der Waals surface area (Å²) in [5.74, 6) is 0.684. The van der Waals surface area contributed by atoms with E-state index in [1.807, 2.05) is 6.07 Å². The Hall–Kier alpha value is -2.11. The van der Waals surface area contributed by atoms with Crippen molar-refractivity contribution in [2.45, 2.75) is 52.1 Å². The number of nitrogens with zero attached hydrogens (tertiary/aromatic N) is 2. The zero-order chi connectivity index (χ0) is 18.2. The van der Waals surface area contributed by atoms with E-state index in [2.05, 4.69) is 48.2 Å². The molecule has 1 aromatic heterocycles. The van der Waals surface area contributed by atoms with Crippen molar-refractivity contribution in [3.8, 4) is 0 Å². The number of aryl methyl sites for hydroxylation is 1. The van der Waals surface area contributed by atoms with Gasteiger partial charge in [0, 0.05) is 18.1 Å². The summed E-state index contributed by atoms with van der Waals surface area (Å²) >= 11 is 0. The molecule has 0 bridgehead atoms. The number of hydrogen-bond acceptors (Lipinski definition) is 3. The molecule has 3 nitrogen and oxygen atoms in total. The summed E-state index contributed by atoms with van der Waals surface area (Å²) in [6.07, 6.45) is 0.519. The minimum atomic E-state index is -4.42. The van der Waals surface area contributed by atoms with E-state index in [-0.39, 0.29) is 11.4 Å². The van der Waals surface area contributed by atoms with Gasteiger partial charge in [0.2, 0.25) is 5.95 Å². The molecule has 0 radical (unpaired) electrons. The minimum Gasteiger partial charge on any atom is -0.324 e. The summed E-state index contributed by atoms with van der Waals surface area (Å²) in [7, 11) is 0. The van der Waals surface area contributed by atoms with Crippen LogP contribution in [0.3, 0.4) is 0 Å². The van der Waals surface area contributed by atoms with E-state index >= 15 is 0 Å². The Labute approximate surface area is 145 Å². The standard InChI is InChI=1S/C19H22F3N3/c1-18(2,3)16-6-4-5-12-9-14(7-8-15(12)16)25-17-23-10-13(11-24-17)19(20,21)22/h7-11,16H,4-6H2,1-3H3,(H,23,24,25)/t16-/m1/s1. The first-order chi connectivity index (χ1) is 11.6.